The van der Waals surface area contributed by atoms with Gasteiger partial charge in [0.1, 0.15) is 5.82 Å². The molecule has 1 amide bonds. The number of hydrogen-bond acceptors (Lipinski definition) is 3. The van der Waals surface area contributed by atoms with Gasteiger partial charge in [-0.3, -0.25) is 9.89 Å². The minimum Gasteiger partial charge on any atom is -0.344 e. The van der Waals surface area contributed by atoms with Crippen molar-refractivity contribution in [1.29, 1.82) is 0 Å². The van der Waals surface area contributed by atoms with E-state index in [9.17, 15) is 4.79 Å². The fourth-order valence-electron chi connectivity index (χ4n) is 2.65. The average Bonchev–Trinajstić information content (AvgIpc) is 2.91. The van der Waals surface area contributed by atoms with Crippen LogP contribution in [0.2, 0.25) is 0 Å². The maximum atomic E-state index is 12.1. The molecule has 1 aromatic rings. The minimum absolute atomic E-state index is 0.162. The van der Waals surface area contributed by atoms with E-state index in [-0.39, 0.29) is 22.7 Å². The number of H-pyrrole nitrogens is 1. The first-order valence-electron chi connectivity index (χ1n) is 6.91. The Kier molecular flexibility index (Phi) is 3.41. The third-order valence-electron chi connectivity index (χ3n) is 3.09. The van der Waals surface area contributed by atoms with E-state index < -0.39 is 0 Å². The molecule has 5 heteroatoms. The molecule has 0 bridgehead atoms. The summed E-state index contributed by atoms with van der Waals surface area (Å²) in [6.07, 6.45) is 3.18. The molecule has 0 radical (unpaired) electrons. The predicted octanol–water partition coefficient (Wildman–Crippen LogP) is 2.63. The molecule has 2 rings (SSSR count). The molecule has 1 saturated carbocycles. The fourth-order valence-corrected chi connectivity index (χ4v) is 2.65. The number of aromatic amines is 1. The molecule has 1 heterocycles. The van der Waals surface area contributed by atoms with Gasteiger partial charge >= 0.3 is 0 Å². The second-order valence-corrected chi connectivity index (χ2v) is 7.39. The maximum Gasteiger partial charge on any atom is 0.291 e. The molecule has 0 saturated heterocycles. The number of carbonyl (C=O) groups is 1. The van der Waals surface area contributed by atoms with Crippen LogP contribution in [0.4, 0.5) is 0 Å². The Labute approximate surface area is 114 Å². The molecule has 0 aliphatic heterocycles. The van der Waals surface area contributed by atoms with E-state index in [4.69, 9.17) is 0 Å². The summed E-state index contributed by atoms with van der Waals surface area (Å²) in [5.41, 5.74) is -0.106. The Balaban J connectivity index is 1.99. The van der Waals surface area contributed by atoms with Crippen LogP contribution >= 0.6 is 0 Å². The van der Waals surface area contributed by atoms with Crippen LogP contribution in [-0.4, -0.2) is 26.6 Å². The predicted molar refractivity (Wildman–Crippen MR) is 74.0 cm³/mol. The Bertz CT molecular complexity index is 466. The number of hydrogen-bond donors (Lipinski definition) is 2. The highest BCUT2D eigenvalue weighted by Crippen LogP contribution is 2.37. The van der Waals surface area contributed by atoms with Gasteiger partial charge in [0.2, 0.25) is 5.82 Å². The quantitative estimate of drug-likeness (QED) is 0.878. The molecule has 106 valence electrons. The lowest BCUT2D eigenvalue weighted by Crippen LogP contribution is -2.46. The number of carbonyl (C=O) groups excluding carboxylic acids is 1. The SMILES string of the molecule is CC(C)(C)CC(C)(C)NC(=O)c1n[nH]c(C2CC2)n1. The third-order valence-corrected chi connectivity index (χ3v) is 3.09. The van der Waals surface area contributed by atoms with Gasteiger partial charge in [-0.1, -0.05) is 20.8 Å². The highest BCUT2D eigenvalue weighted by molar-refractivity contribution is 5.90. The van der Waals surface area contributed by atoms with E-state index in [1.165, 1.54) is 0 Å². The second kappa shape index (κ2) is 4.62. The van der Waals surface area contributed by atoms with Gasteiger partial charge in [0, 0.05) is 11.5 Å². The highest BCUT2D eigenvalue weighted by atomic mass is 16.2. The van der Waals surface area contributed by atoms with Crippen molar-refractivity contribution in [2.24, 2.45) is 5.41 Å². The van der Waals surface area contributed by atoms with Gasteiger partial charge in [-0.05, 0) is 38.5 Å². The number of nitrogens with zero attached hydrogens (tertiary/aromatic N) is 2. The van der Waals surface area contributed by atoms with Crippen LogP contribution < -0.4 is 5.32 Å². The van der Waals surface area contributed by atoms with Crippen molar-refractivity contribution >= 4 is 5.91 Å². The van der Waals surface area contributed by atoms with E-state index in [0.29, 0.717) is 5.92 Å². The van der Waals surface area contributed by atoms with Gasteiger partial charge in [-0.2, -0.15) is 0 Å². The lowest BCUT2D eigenvalue weighted by molar-refractivity contribution is 0.0881. The Hall–Kier alpha value is -1.39. The van der Waals surface area contributed by atoms with Crippen LogP contribution in [0, 0.1) is 5.41 Å². The van der Waals surface area contributed by atoms with Crippen molar-refractivity contribution < 1.29 is 4.79 Å². The van der Waals surface area contributed by atoms with Gasteiger partial charge in [0.15, 0.2) is 0 Å². The second-order valence-electron chi connectivity index (χ2n) is 7.39. The largest absolute Gasteiger partial charge is 0.344 e. The first-order chi connectivity index (χ1) is 8.66. The maximum absolute atomic E-state index is 12.1. The molecule has 19 heavy (non-hydrogen) atoms. The van der Waals surface area contributed by atoms with Crippen molar-refractivity contribution in [3.05, 3.63) is 11.6 Å². The number of amides is 1. The number of rotatable bonds is 4. The molecule has 2 N–H and O–H groups in total. The van der Waals surface area contributed by atoms with Gasteiger partial charge in [0.25, 0.3) is 5.91 Å². The van der Waals surface area contributed by atoms with Gasteiger partial charge in [-0.15, -0.1) is 5.10 Å². The summed E-state index contributed by atoms with van der Waals surface area (Å²) in [6, 6.07) is 0. The van der Waals surface area contributed by atoms with E-state index in [0.717, 1.165) is 25.1 Å². The molecule has 0 unspecified atom stereocenters. The van der Waals surface area contributed by atoms with Crippen LogP contribution in [0.15, 0.2) is 0 Å². The third kappa shape index (κ3) is 4.04. The average molecular weight is 264 g/mol. The number of nitrogens with one attached hydrogen (secondary N) is 2. The zero-order valence-corrected chi connectivity index (χ0v) is 12.5. The highest BCUT2D eigenvalue weighted by Gasteiger charge is 2.31. The summed E-state index contributed by atoms with van der Waals surface area (Å²) in [5, 5.41) is 9.89. The summed E-state index contributed by atoms with van der Waals surface area (Å²) < 4.78 is 0. The molecular weight excluding hydrogens is 240 g/mol. The fraction of sp³-hybridized carbons (Fsp3) is 0.786. The van der Waals surface area contributed by atoms with Crippen LogP contribution in [0.5, 0.6) is 0 Å². The van der Waals surface area contributed by atoms with E-state index in [2.05, 4.69) is 41.3 Å². The summed E-state index contributed by atoms with van der Waals surface area (Å²) in [5.74, 6) is 1.39. The van der Waals surface area contributed by atoms with Crippen LogP contribution in [0.25, 0.3) is 0 Å². The van der Waals surface area contributed by atoms with Crippen molar-refractivity contribution in [2.45, 2.75) is 65.3 Å². The Morgan fingerprint density at radius 1 is 1.32 bits per heavy atom. The molecule has 1 aliphatic rings. The molecule has 1 aliphatic carbocycles. The summed E-state index contributed by atoms with van der Waals surface area (Å²) in [6.45, 7) is 10.6. The molecule has 0 spiro atoms. The van der Waals surface area contributed by atoms with Crippen LogP contribution in [-0.2, 0) is 0 Å². The first kappa shape index (κ1) is 14.0. The number of aromatic nitrogens is 3. The molecule has 5 nitrogen and oxygen atoms in total. The smallest absolute Gasteiger partial charge is 0.291 e. The van der Waals surface area contributed by atoms with Gasteiger partial charge < -0.3 is 5.32 Å². The zero-order valence-electron chi connectivity index (χ0n) is 12.5. The molecule has 0 atom stereocenters. The Morgan fingerprint density at radius 3 is 2.47 bits per heavy atom. The summed E-state index contributed by atoms with van der Waals surface area (Å²) in [4.78, 5) is 16.4. The van der Waals surface area contributed by atoms with Crippen molar-refractivity contribution in [2.75, 3.05) is 0 Å². The van der Waals surface area contributed by atoms with E-state index >= 15 is 0 Å². The van der Waals surface area contributed by atoms with Crippen LogP contribution in [0.1, 0.15) is 76.2 Å². The van der Waals surface area contributed by atoms with E-state index in [1.807, 2.05) is 13.8 Å². The lowest BCUT2D eigenvalue weighted by Gasteiger charge is -2.32. The molecule has 1 aromatic heterocycles. The normalized spacial score (nSPS) is 16.5. The van der Waals surface area contributed by atoms with Gasteiger partial charge in [0.05, 0.1) is 0 Å². The summed E-state index contributed by atoms with van der Waals surface area (Å²) in [7, 11) is 0. The molecule has 0 aromatic carbocycles. The molecular formula is C14H24N4O. The van der Waals surface area contributed by atoms with E-state index in [1.54, 1.807) is 0 Å². The minimum atomic E-state index is -0.268. The van der Waals surface area contributed by atoms with Crippen molar-refractivity contribution in [1.82, 2.24) is 20.5 Å². The van der Waals surface area contributed by atoms with Crippen LogP contribution in [0.3, 0.4) is 0 Å². The first-order valence-corrected chi connectivity index (χ1v) is 6.91. The Morgan fingerprint density at radius 2 is 1.95 bits per heavy atom. The standard InChI is InChI=1S/C14H24N4O/c1-13(2,3)8-14(4,5)16-12(19)11-15-10(17-18-11)9-6-7-9/h9H,6-8H2,1-5H3,(H,16,19)(H,15,17,18). The topological polar surface area (TPSA) is 70.7 Å². The van der Waals surface area contributed by atoms with Crippen molar-refractivity contribution in [3.8, 4) is 0 Å². The van der Waals surface area contributed by atoms with Gasteiger partial charge in [-0.25, -0.2) is 4.98 Å². The summed E-state index contributed by atoms with van der Waals surface area (Å²) >= 11 is 0. The lowest BCUT2D eigenvalue weighted by atomic mass is 9.82. The monoisotopic (exact) mass is 264 g/mol. The molecule has 1 fully saturated rings. The zero-order chi connectivity index (χ0) is 14.3. The van der Waals surface area contributed by atoms with Crippen molar-refractivity contribution in [3.63, 3.8) is 0 Å².